The molecule has 188 valence electrons. The van der Waals surface area contributed by atoms with Crippen molar-refractivity contribution in [3.63, 3.8) is 0 Å². The van der Waals surface area contributed by atoms with E-state index in [1.807, 2.05) is 32.0 Å². The van der Waals surface area contributed by atoms with E-state index in [2.05, 4.69) is 17.1 Å². The van der Waals surface area contributed by atoms with E-state index in [1.54, 1.807) is 17.2 Å². The summed E-state index contributed by atoms with van der Waals surface area (Å²) < 4.78 is 29.9. The number of benzene rings is 1. The van der Waals surface area contributed by atoms with Crippen LogP contribution in [0.15, 0.2) is 52.9 Å². The zero-order valence-corrected chi connectivity index (χ0v) is 23.1. The molecule has 11 heteroatoms. The molecule has 4 heterocycles. The van der Waals surface area contributed by atoms with Crippen molar-refractivity contribution in [3.05, 3.63) is 69.8 Å². The highest BCUT2D eigenvalue weighted by molar-refractivity contribution is 7.91. The second-order valence-corrected chi connectivity index (χ2v) is 13.7. The number of anilines is 1. The number of piperidine rings is 1. The molecule has 0 spiro atoms. The number of hydrogen-bond donors (Lipinski definition) is 0. The minimum absolute atomic E-state index is 0.148. The van der Waals surface area contributed by atoms with Crippen LogP contribution in [-0.2, 0) is 21.4 Å². The summed E-state index contributed by atoms with van der Waals surface area (Å²) >= 11 is 8.48. The number of halogens is 1. The van der Waals surface area contributed by atoms with Crippen LogP contribution in [0.1, 0.15) is 36.1 Å². The Hall–Kier alpha value is -2.37. The maximum Gasteiger partial charge on any atom is 0.253 e. The lowest BCUT2D eigenvalue weighted by molar-refractivity contribution is -0.123. The summed E-state index contributed by atoms with van der Waals surface area (Å²) in [6.07, 6.45) is 3.59. The second kappa shape index (κ2) is 10.2. The fraction of sp³-hybridized carbons (Fsp3) is 0.320. The first-order valence-electron chi connectivity index (χ1n) is 11.6. The van der Waals surface area contributed by atoms with Gasteiger partial charge in [-0.3, -0.25) is 14.7 Å². The number of rotatable bonds is 6. The highest BCUT2D eigenvalue weighted by atomic mass is 35.5. The molecule has 0 radical (unpaired) electrons. The van der Waals surface area contributed by atoms with E-state index in [0.717, 1.165) is 39.1 Å². The van der Waals surface area contributed by atoms with Gasteiger partial charge in [-0.05, 0) is 68.1 Å². The molecule has 1 aromatic carbocycles. The number of aromatic nitrogens is 2. The average Bonchev–Trinajstić information content (AvgIpc) is 3.50. The standard InChI is InChI=1S/C25H25ClN4O3S3/c1-16-13-17(2)23-20(14-16)34-25(28-23)29(15-18-7-3-5-11-27-18)24(31)19-8-4-6-12-30(19)36(32,33)22-10-9-21(26)35-22/h3,5,7,9-11,13-14,19H,4,6,8,12,15H2,1-2H3. The third-order valence-electron chi connectivity index (χ3n) is 6.21. The Morgan fingerprint density at radius 3 is 2.72 bits per heavy atom. The molecule has 0 N–H and O–H groups in total. The van der Waals surface area contributed by atoms with Crippen LogP contribution >= 0.6 is 34.3 Å². The average molecular weight is 561 g/mol. The third-order valence-corrected chi connectivity index (χ3v) is 10.8. The number of aryl methyl sites for hydroxylation is 2. The van der Waals surface area contributed by atoms with Gasteiger partial charge in [0.2, 0.25) is 5.91 Å². The van der Waals surface area contributed by atoms with Gasteiger partial charge in [0.25, 0.3) is 10.0 Å². The van der Waals surface area contributed by atoms with Crippen LogP contribution in [0.2, 0.25) is 4.34 Å². The Balaban J connectivity index is 1.56. The summed E-state index contributed by atoms with van der Waals surface area (Å²) in [6.45, 7) is 4.52. The number of thiophene rings is 1. The number of hydrogen-bond acceptors (Lipinski definition) is 7. The normalized spacial score (nSPS) is 16.9. The lowest BCUT2D eigenvalue weighted by Gasteiger charge is -2.35. The molecule has 7 nitrogen and oxygen atoms in total. The fourth-order valence-electron chi connectivity index (χ4n) is 4.54. The number of sulfonamides is 1. The summed E-state index contributed by atoms with van der Waals surface area (Å²) in [7, 11) is -3.87. The Bertz CT molecular complexity index is 1520. The molecule has 1 fully saturated rings. The van der Waals surface area contributed by atoms with Gasteiger partial charge < -0.3 is 0 Å². The minimum atomic E-state index is -3.87. The SMILES string of the molecule is Cc1cc(C)c2nc(N(Cc3ccccn3)C(=O)C3CCCCN3S(=O)(=O)c3ccc(Cl)s3)sc2c1. The first-order valence-corrected chi connectivity index (χ1v) is 15.1. The van der Waals surface area contributed by atoms with Crippen LogP contribution in [-0.4, -0.2) is 41.2 Å². The molecule has 1 aliphatic rings. The summed E-state index contributed by atoms with van der Waals surface area (Å²) in [4.78, 5) is 25.0. The molecule has 36 heavy (non-hydrogen) atoms. The number of carbonyl (C=O) groups excluding carboxylic acids is 1. The molecule has 0 aliphatic carbocycles. The van der Waals surface area contributed by atoms with E-state index in [9.17, 15) is 13.2 Å². The van der Waals surface area contributed by atoms with Crippen molar-refractivity contribution in [2.45, 2.75) is 49.9 Å². The van der Waals surface area contributed by atoms with Crippen molar-refractivity contribution in [2.24, 2.45) is 0 Å². The maximum absolute atomic E-state index is 14.2. The van der Waals surface area contributed by atoms with E-state index >= 15 is 0 Å². The molecule has 1 unspecified atom stereocenters. The summed E-state index contributed by atoms with van der Waals surface area (Å²) in [5.41, 5.74) is 3.71. The summed E-state index contributed by atoms with van der Waals surface area (Å²) in [5.74, 6) is -0.292. The van der Waals surface area contributed by atoms with Gasteiger partial charge in [0.15, 0.2) is 5.13 Å². The van der Waals surface area contributed by atoms with Gasteiger partial charge in [-0.1, -0.05) is 41.5 Å². The van der Waals surface area contributed by atoms with Crippen LogP contribution in [0.25, 0.3) is 10.2 Å². The van der Waals surface area contributed by atoms with Crippen molar-refractivity contribution in [1.82, 2.24) is 14.3 Å². The van der Waals surface area contributed by atoms with Crippen molar-refractivity contribution in [3.8, 4) is 0 Å². The fourth-order valence-corrected chi connectivity index (χ4v) is 8.95. The monoisotopic (exact) mass is 560 g/mol. The van der Waals surface area contributed by atoms with Gasteiger partial charge in [0.05, 0.1) is 26.8 Å². The van der Waals surface area contributed by atoms with Crippen LogP contribution in [0.3, 0.4) is 0 Å². The van der Waals surface area contributed by atoms with Crippen LogP contribution in [0.4, 0.5) is 5.13 Å². The first kappa shape index (κ1) is 25.3. The van der Waals surface area contributed by atoms with Gasteiger partial charge in [-0.25, -0.2) is 13.4 Å². The molecule has 1 aliphatic heterocycles. The Morgan fingerprint density at radius 2 is 2.00 bits per heavy atom. The van der Waals surface area contributed by atoms with Crippen molar-refractivity contribution >= 4 is 65.6 Å². The summed E-state index contributed by atoms with van der Waals surface area (Å²) in [6, 6.07) is 11.9. The number of amides is 1. The largest absolute Gasteiger partial charge is 0.281 e. The number of pyridine rings is 1. The van der Waals surface area contributed by atoms with Crippen molar-refractivity contribution in [1.29, 1.82) is 0 Å². The Kier molecular flexibility index (Phi) is 7.15. The maximum atomic E-state index is 14.2. The highest BCUT2D eigenvalue weighted by Crippen LogP contribution is 2.36. The zero-order valence-electron chi connectivity index (χ0n) is 19.8. The molecule has 3 aromatic heterocycles. The lowest BCUT2D eigenvalue weighted by Crippen LogP contribution is -2.52. The van der Waals surface area contributed by atoms with Gasteiger partial charge in [-0.15, -0.1) is 11.3 Å². The van der Waals surface area contributed by atoms with Gasteiger partial charge in [0.1, 0.15) is 10.3 Å². The molecule has 0 bridgehead atoms. The number of nitrogens with zero attached hydrogens (tertiary/aromatic N) is 4. The minimum Gasteiger partial charge on any atom is -0.281 e. The zero-order chi connectivity index (χ0) is 25.4. The van der Waals surface area contributed by atoms with Crippen LogP contribution < -0.4 is 4.90 Å². The Labute approximate surface area is 223 Å². The van der Waals surface area contributed by atoms with Crippen molar-refractivity contribution in [2.75, 3.05) is 11.4 Å². The van der Waals surface area contributed by atoms with Gasteiger partial charge in [-0.2, -0.15) is 4.31 Å². The van der Waals surface area contributed by atoms with Crippen molar-refractivity contribution < 1.29 is 13.2 Å². The number of thiazole rings is 1. The second-order valence-electron chi connectivity index (χ2n) is 8.86. The van der Waals surface area contributed by atoms with Gasteiger partial charge in [0, 0.05) is 12.7 Å². The topological polar surface area (TPSA) is 83.5 Å². The number of fused-ring (bicyclic) bond motifs is 1. The predicted octanol–water partition coefficient (Wildman–Crippen LogP) is 5.80. The molecule has 0 saturated carbocycles. The van der Waals surface area contributed by atoms with Gasteiger partial charge >= 0.3 is 0 Å². The quantitative estimate of drug-likeness (QED) is 0.297. The highest BCUT2D eigenvalue weighted by Gasteiger charge is 2.41. The van der Waals surface area contributed by atoms with E-state index < -0.39 is 16.1 Å². The lowest BCUT2D eigenvalue weighted by atomic mass is 10.0. The third kappa shape index (κ3) is 4.92. The predicted molar refractivity (Wildman–Crippen MR) is 145 cm³/mol. The van der Waals surface area contributed by atoms with Crippen LogP contribution in [0, 0.1) is 13.8 Å². The van der Waals surface area contributed by atoms with E-state index in [1.165, 1.54) is 21.7 Å². The van der Waals surface area contributed by atoms with E-state index in [0.29, 0.717) is 28.0 Å². The molecule has 5 rings (SSSR count). The molecular weight excluding hydrogens is 536 g/mol. The molecule has 1 atom stereocenters. The van der Waals surface area contributed by atoms with E-state index in [4.69, 9.17) is 16.6 Å². The summed E-state index contributed by atoms with van der Waals surface area (Å²) in [5, 5.41) is 0.538. The Morgan fingerprint density at radius 1 is 1.17 bits per heavy atom. The molecule has 4 aromatic rings. The molecule has 1 saturated heterocycles. The smallest absolute Gasteiger partial charge is 0.253 e. The molecular formula is C25H25ClN4O3S3. The van der Waals surface area contributed by atoms with E-state index in [-0.39, 0.29) is 23.2 Å². The molecule has 1 amide bonds. The first-order chi connectivity index (χ1) is 17.2. The van der Waals surface area contributed by atoms with Crippen LogP contribution in [0.5, 0.6) is 0 Å². The number of carbonyl (C=O) groups is 1.